The molecule has 6 heteroatoms. The third-order valence-electron chi connectivity index (χ3n) is 4.47. The van der Waals surface area contributed by atoms with Crippen LogP contribution in [0.15, 0.2) is 77.8 Å². The Morgan fingerprint density at radius 2 is 1.73 bits per heavy atom. The fourth-order valence-electron chi connectivity index (χ4n) is 2.91. The second-order valence-electron chi connectivity index (χ2n) is 6.92. The lowest BCUT2D eigenvalue weighted by atomic mass is 10.1. The highest BCUT2D eigenvalue weighted by Crippen LogP contribution is 2.16. The molecule has 4 nitrogen and oxygen atoms in total. The van der Waals surface area contributed by atoms with Crippen LogP contribution >= 0.6 is 23.2 Å². The molecule has 0 fully saturated rings. The zero-order valence-corrected chi connectivity index (χ0v) is 18.2. The van der Waals surface area contributed by atoms with Gasteiger partial charge in [-0.2, -0.15) is 0 Å². The smallest absolute Gasteiger partial charge is 0.308 e. The van der Waals surface area contributed by atoms with Gasteiger partial charge in [0.1, 0.15) is 5.84 Å². The van der Waals surface area contributed by atoms with Crippen molar-refractivity contribution in [3.05, 3.63) is 99.5 Å². The Balaban J connectivity index is 1.69. The lowest BCUT2D eigenvalue weighted by molar-refractivity contribution is 0.256. The van der Waals surface area contributed by atoms with E-state index in [0.717, 1.165) is 16.1 Å². The van der Waals surface area contributed by atoms with Crippen molar-refractivity contribution in [2.45, 2.75) is 19.8 Å². The second kappa shape index (κ2) is 10.8. The van der Waals surface area contributed by atoms with Crippen molar-refractivity contribution < 1.29 is 4.79 Å². The van der Waals surface area contributed by atoms with Crippen LogP contribution in [0.3, 0.4) is 0 Å². The van der Waals surface area contributed by atoms with Crippen molar-refractivity contribution in [2.75, 3.05) is 11.9 Å². The molecule has 0 radical (unpaired) electrons. The molecule has 30 heavy (non-hydrogen) atoms. The summed E-state index contributed by atoms with van der Waals surface area (Å²) in [4.78, 5) is 17.1. The molecule has 0 aliphatic rings. The molecular weight excluding hydrogens is 417 g/mol. The maximum absolute atomic E-state index is 12.5. The number of hydrogen-bond donors (Lipinski definition) is 2. The molecule has 0 unspecified atom stereocenters. The number of benzene rings is 3. The molecule has 3 rings (SSSR count). The topological polar surface area (TPSA) is 53.5 Å². The van der Waals surface area contributed by atoms with Crippen LogP contribution in [0.5, 0.6) is 0 Å². The predicted octanol–water partition coefficient (Wildman–Crippen LogP) is 6.31. The Kier molecular flexibility index (Phi) is 7.89. The zero-order valence-electron chi connectivity index (χ0n) is 16.7. The van der Waals surface area contributed by atoms with Gasteiger partial charge in [-0.25, -0.2) is 4.79 Å². The maximum Gasteiger partial charge on any atom is 0.324 e. The van der Waals surface area contributed by atoms with Gasteiger partial charge in [0, 0.05) is 28.7 Å². The molecule has 0 aliphatic carbocycles. The highest BCUT2D eigenvalue weighted by molar-refractivity contribution is 6.31. The van der Waals surface area contributed by atoms with E-state index in [1.165, 1.54) is 5.56 Å². The number of carbonyl (C=O) groups excluding carboxylic acids is 1. The Bertz CT molecular complexity index is 1030. The van der Waals surface area contributed by atoms with E-state index in [9.17, 15) is 4.79 Å². The maximum atomic E-state index is 12.5. The number of anilines is 1. The first-order valence-electron chi connectivity index (χ1n) is 9.65. The first kappa shape index (κ1) is 21.9. The first-order valence-corrected chi connectivity index (χ1v) is 10.4. The van der Waals surface area contributed by atoms with Crippen LogP contribution in [0.2, 0.25) is 10.0 Å². The van der Waals surface area contributed by atoms with Gasteiger partial charge in [0.05, 0.1) is 0 Å². The average molecular weight is 440 g/mol. The summed E-state index contributed by atoms with van der Waals surface area (Å²) in [7, 11) is 0. The van der Waals surface area contributed by atoms with Crippen LogP contribution in [0, 0.1) is 6.92 Å². The Morgan fingerprint density at radius 3 is 2.47 bits per heavy atom. The average Bonchev–Trinajstić information content (AvgIpc) is 2.71. The van der Waals surface area contributed by atoms with Gasteiger partial charge in [-0.3, -0.25) is 10.3 Å². The largest absolute Gasteiger partial charge is 0.324 e. The lowest BCUT2D eigenvalue weighted by Crippen LogP contribution is -2.36. The summed E-state index contributed by atoms with van der Waals surface area (Å²) < 4.78 is 0. The van der Waals surface area contributed by atoms with E-state index in [1.54, 1.807) is 24.3 Å². The fraction of sp³-hybridized carbons (Fsp3) is 0.167. The van der Waals surface area contributed by atoms with Crippen LogP contribution in [-0.2, 0) is 12.8 Å². The molecule has 3 aromatic rings. The van der Waals surface area contributed by atoms with Crippen LogP contribution < -0.4 is 10.6 Å². The molecule has 0 aromatic heterocycles. The number of urea groups is 1. The molecule has 0 atom stereocenters. The van der Waals surface area contributed by atoms with Crippen LogP contribution in [0.25, 0.3) is 0 Å². The normalized spacial score (nSPS) is 11.2. The second-order valence-corrected chi connectivity index (χ2v) is 7.77. The van der Waals surface area contributed by atoms with Gasteiger partial charge in [0.2, 0.25) is 0 Å². The third kappa shape index (κ3) is 6.90. The number of aliphatic imine (C=N–C) groups is 1. The van der Waals surface area contributed by atoms with Gasteiger partial charge in [0.15, 0.2) is 0 Å². The summed E-state index contributed by atoms with van der Waals surface area (Å²) in [6, 6.07) is 22.5. The molecule has 0 saturated carbocycles. The number of nitrogens with one attached hydrogen (secondary N) is 2. The SMILES string of the molecule is Cc1ccc(CC(=NCCc2ccccc2Cl)NC(=O)Nc2cccc(Cl)c2)cc1. The van der Waals surface area contributed by atoms with Gasteiger partial charge in [-0.15, -0.1) is 0 Å². The Hall–Kier alpha value is -2.82. The van der Waals surface area contributed by atoms with Crippen molar-refractivity contribution in [1.82, 2.24) is 5.32 Å². The number of carbonyl (C=O) groups is 1. The number of amidine groups is 1. The molecule has 2 N–H and O–H groups in total. The number of aryl methyl sites for hydroxylation is 1. The molecule has 0 aliphatic heterocycles. The van der Waals surface area contributed by atoms with E-state index in [4.69, 9.17) is 23.2 Å². The van der Waals surface area contributed by atoms with Gasteiger partial charge in [0.25, 0.3) is 0 Å². The first-order chi connectivity index (χ1) is 14.5. The monoisotopic (exact) mass is 439 g/mol. The van der Waals surface area contributed by atoms with E-state index in [0.29, 0.717) is 35.9 Å². The van der Waals surface area contributed by atoms with E-state index in [2.05, 4.69) is 15.6 Å². The van der Waals surface area contributed by atoms with Crippen molar-refractivity contribution in [2.24, 2.45) is 4.99 Å². The number of nitrogens with zero attached hydrogens (tertiary/aromatic N) is 1. The summed E-state index contributed by atoms with van der Waals surface area (Å²) >= 11 is 12.2. The van der Waals surface area contributed by atoms with E-state index in [-0.39, 0.29) is 6.03 Å². The van der Waals surface area contributed by atoms with E-state index >= 15 is 0 Å². The Labute approximate surface area is 186 Å². The third-order valence-corrected chi connectivity index (χ3v) is 5.08. The number of hydrogen-bond acceptors (Lipinski definition) is 2. The minimum atomic E-state index is -0.360. The minimum Gasteiger partial charge on any atom is -0.308 e. The van der Waals surface area contributed by atoms with Gasteiger partial charge >= 0.3 is 6.03 Å². The van der Waals surface area contributed by atoms with Crippen molar-refractivity contribution >= 4 is 40.8 Å². The molecule has 3 aromatic carbocycles. The number of rotatable bonds is 6. The van der Waals surface area contributed by atoms with Crippen molar-refractivity contribution in [1.29, 1.82) is 0 Å². The van der Waals surface area contributed by atoms with Crippen molar-refractivity contribution in [3.8, 4) is 0 Å². The lowest BCUT2D eigenvalue weighted by Gasteiger charge is -2.12. The van der Waals surface area contributed by atoms with E-state index in [1.807, 2.05) is 55.5 Å². The molecule has 0 saturated heterocycles. The number of amides is 2. The highest BCUT2D eigenvalue weighted by Gasteiger charge is 2.09. The summed E-state index contributed by atoms with van der Waals surface area (Å²) in [5.74, 6) is 0.588. The molecule has 154 valence electrons. The van der Waals surface area contributed by atoms with Gasteiger partial charge in [-0.1, -0.05) is 77.3 Å². The van der Waals surface area contributed by atoms with Gasteiger partial charge < -0.3 is 5.32 Å². The number of halogens is 2. The Morgan fingerprint density at radius 1 is 0.967 bits per heavy atom. The van der Waals surface area contributed by atoms with Crippen LogP contribution in [-0.4, -0.2) is 18.4 Å². The molecule has 0 heterocycles. The van der Waals surface area contributed by atoms with Crippen LogP contribution in [0.4, 0.5) is 10.5 Å². The molecular formula is C24H23Cl2N3O. The fourth-order valence-corrected chi connectivity index (χ4v) is 3.33. The van der Waals surface area contributed by atoms with Crippen LogP contribution in [0.1, 0.15) is 16.7 Å². The zero-order chi connectivity index (χ0) is 21.3. The van der Waals surface area contributed by atoms with E-state index < -0.39 is 0 Å². The summed E-state index contributed by atoms with van der Waals surface area (Å²) in [6.45, 7) is 2.56. The summed E-state index contributed by atoms with van der Waals surface area (Å²) in [5, 5.41) is 6.94. The molecule has 0 spiro atoms. The summed E-state index contributed by atoms with van der Waals surface area (Å²) in [5.41, 5.74) is 3.90. The predicted molar refractivity (Wildman–Crippen MR) is 126 cm³/mol. The minimum absolute atomic E-state index is 0.360. The van der Waals surface area contributed by atoms with Gasteiger partial charge in [-0.05, 0) is 48.7 Å². The standard InChI is InChI=1S/C24H23Cl2N3O/c1-17-9-11-18(12-10-17)15-23(27-14-13-19-5-2-3-8-22(19)26)29-24(30)28-21-7-4-6-20(25)16-21/h2-12,16H,13-15H2,1H3,(H2,27,28,29,30). The van der Waals surface area contributed by atoms with Crippen molar-refractivity contribution in [3.63, 3.8) is 0 Å². The molecule has 2 amide bonds. The quantitative estimate of drug-likeness (QED) is 0.343. The summed E-state index contributed by atoms with van der Waals surface area (Å²) in [6.07, 6.45) is 1.21. The molecule has 0 bridgehead atoms. The highest BCUT2D eigenvalue weighted by atomic mass is 35.5.